The minimum atomic E-state index is 0.246. The normalized spacial score (nSPS) is 31.3. The molecule has 0 aromatic heterocycles. The molecule has 3 aliphatic rings. The van der Waals surface area contributed by atoms with E-state index in [1.165, 1.54) is 49.9 Å². The summed E-state index contributed by atoms with van der Waals surface area (Å²) in [5.74, 6) is 1.13. The Morgan fingerprint density at radius 1 is 1.09 bits per heavy atom. The fourth-order valence-electron chi connectivity index (χ4n) is 4.57. The molecular formula is C20H28N2O. The van der Waals surface area contributed by atoms with Gasteiger partial charge in [-0.2, -0.15) is 0 Å². The Balaban J connectivity index is 1.35. The number of nitrogens with zero attached hydrogens (tertiary/aromatic N) is 2. The molecule has 4 rings (SSSR count). The van der Waals surface area contributed by atoms with Crippen LogP contribution >= 0.6 is 0 Å². The van der Waals surface area contributed by atoms with Crippen LogP contribution < -0.4 is 0 Å². The van der Waals surface area contributed by atoms with E-state index >= 15 is 0 Å². The molecule has 3 heteroatoms. The monoisotopic (exact) mass is 312 g/mol. The maximum atomic E-state index is 12.8. The van der Waals surface area contributed by atoms with Crippen molar-refractivity contribution < 1.29 is 4.79 Å². The number of benzene rings is 1. The molecule has 3 atom stereocenters. The van der Waals surface area contributed by atoms with Crippen LogP contribution in [0.25, 0.3) is 0 Å². The van der Waals surface area contributed by atoms with Gasteiger partial charge in [-0.3, -0.25) is 9.69 Å². The van der Waals surface area contributed by atoms with Crippen molar-refractivity contribution in [1.29, 1.82) is 0 Å². The van der Waals surface area contributed by atoms with Crippen LogP contribution in [0.15, 0.2) is 24.3 Å². The predicted octanol–water partition coefficient (Wildman–Crippen LogP) is 3.19. The van der Waals surface area contributed by atoms with Crippen molar-refractivity contribution in [3.8, 4) is 0 Å². The fraction of sp³-hybridized carbons (Fsp3) is 0.650. The molecule has 0 unspecified atom stereocenters. The van der Waals surface area contributed by atoms with Crippen molar-refractivity contribution in [2.45, 2.75) is 51.0 Å². The Bertz CT molecular complexity index is 579. The molecule has 3 fully saturated rings. The van der Waals surface area contributed by atoms with Crippen LogP contribution in [0.5, 0.6) is 0 Å². The number of likely N-dealkylation sites (tertiary alicyclic amines) is 2. The van der Waals surface area contributed by atoms with Gasteiger partial charge in [-0.25, -0.2) is 0 Å². The Morgan fingerprint density at radius 3 is 2.65 bits per heavy atom. The number of carbonyl (C=O) groups is 1. The van der Waals surface area contributed by atoms with Gasteiger partial charge < -0.3 is 4.90 Å². The lowest BCUT2D eigenvalue weighted by Crippen LogP contribution is -2.42. The summed E-state index contributed by atoms with van der Waals surface area (Å²) < 4.78 is 0. The number of hydrogen-bond acceptors (Lipinski definition) is 2. The minimum Gasteiger partial charge on any atom is -0.341 e. The Hall–Kier alpha value is -1.35. The third-order valence-corrected chi connectivity index (χ3v) is 6.08. The molecular weight excluding hydrogens is 284 g/mol. The molecule has 2 aliphatic heterocycles. The van der Waals surface area contributed by atoms with E-state index < -0.39 is 0 Å². The van der Waals surface area contributed by atoms with Gasteiger partial charge in [-0.15, -0.1) is 0 Å². The molecule has 1 aromatic rings. The first-order valence-electron chi connectivity index (χ1n) is 9.32. The van der Waals surface area contributed by atoms with Crippen LogP contribution in [-0.4, -0.2) is 47.9 Å². The summed E-state index contributed by atoms with van der Waals surface area (Å²) in [4.78, 5) is 17.6. The van der Waals surface area contributed by atoms with Crippen LogP contribution in [0.1, 0.15) is 49.1 Å². The van der Waals surface area contributed by atoms with Crippen LogP contribution in [0.3, 0.4) is 0 Å². The van der Waals surface area contributed by atoms with Crippen molar-refractivity contribution in [1.82, 2.24) is 9.80 Å². The van der Waals surface area contributed by atoms with Crippen molar-refractivity contribution >= 4 is 5.91 Å². The zero-order valence-electron chi connectivity index (χ0n) is 14.2. The summed E-state index contributed by atoms with van der Waals surface area (Å²) in [7, 11) is 0. The number of aryl methyl sites for hydroxylation is 1. The van der Waals surface area contributed by atoms with Crippen LogP contribution in [0.4, 0.5) is 0 Å². The topological polar surface area (TPSA) is 23.6 Å². The van der Waals surface area contributed by atoms with Gasteiger partial charge in [0.1, 0.15) is 0 Å². The second-order valence-corrected chi connectivity index (χ2v) is 7.63. The first kappa shape index (κ1) is 15.2. The average molecular weight is 312 g/mol. The van der Waals surface area contributed by atoms with E-state index in [1.807, 2.05) is 0 Å². The van der Waals surface area contributed by atoms with Crippen LogP contribution in [0.2, 0.25) is 0 Å². The average Bonchev–Trinajstić information content (AvgIpc) is 3.22. The van der Waals surface area contributed by atoms with E-state index in [1.54, 1.807) is 0 Å². The third-order valence-electron chi connectivity index (χ3n) is 6.08. The SMILES string of the molecule is Cc1ccccc1[C@@H]1C[C@H]1C(=O)N1CC[C@@H](N2CCCCC2)C1. The third kappa shape index (κ3) is 3.03. The molecule has 2 saturated heterocycles. The Kier molecular flexibility index (Phi) is 4.14. The zero-order valence-corrected chi connectivity index (χ0v) is 14.2. The van der Waals surface area contributed by atoms with Gasteiger partial charge in [-0.05, 0) is 62.7 Å². The lowest BCUT2D eigenvalue weighted by Gasteiger charge is -2.32. The maximum absolute atomic E-state index is 12.8. The Labute approximate surface area is 139 Å². The second kappa shape index (κ2) is 6.27. The largest absolute Gasteiger partial charge is 0.341 e. The molecule has 1 saturated carbocycles. The van der Waals surface area contributed by atoms with Gasteiger partial charge in [0, 0.05) is 25.0 Å². The van der Waals surface area contributed by atoms with Crippen LogP contribution in [-0.2, 0) is 4.79 Å². The summed E-state index contributed by atoms with van der Waals surface area (Å²) in [5, 5.41) is 0. The van der Waals surface area contributed by atoms with Gasteiger partial charge in [0.25, 0.3) is 0 Å². The molecule has 1 amide bonds. The van der Waals surface area contributed by atoms with E-state index in [-0.39, 0.29) is 5.92 Å². The number of carbonyl (C=O) groups excluding carboxylic acids is 1. The highest BCUT2D eigenvalue weighted by Gasteiger charge is 2.47. The van der Waals surface area contributed by atoms with Crippen molar-refractivity contribution in [3.63, 3.8) is 0 Å². The lowest BCUT2D eigenvalue weighted by molar-refractivity contribution is -0.131. The molecule has 0 radical (unpaired) electrons. The number of hydrogen-bond donors (Lipinski definition) is 0. The Morgan fingerprint density at radius 2 is 1.87 bits per heavy atom. The molecule has 1 aliphatic carbocycles. The summed E-state index contributed by atoms with van der Waals surface area (Å²) in [5.41, 5.74) is 2.72. The number of rotatable bonds is 3. The van der Waals surface area contributed by atoms with E-state index in [4.69, 9.17) is 0 Å². The first-order valence-corrected chi connectivity index (χ1v) is 9.32. The summed E-state index contributed by atoms with van der Waals surface area (Å²) in [6.07, 6.45) is 6.28. The van der Waals surface area contributed by atoms with Gasteiger partial charge in [0.2, 0.25) is 5.91 Å². The molecule has 3 nitrogen and oxygen atoms in total. The van der Waals surface area contributed by atoms with E-state index in [2.05, 4.69) is 41.0 Å². The summed E-state index contributed by atoms with van der Waals surface area (Å²) >= 11 is 0. The maximum Gasteiger partial charge on any atom is 0.226 e. The van der Waals surface area contributed by atoms with E-state index in [0.717, 1.165) is 19.5 Å². The fourth-order valence-corrected chi connectivity index (χ4v) is 4.57. The summed E-state index contributed by atoms with van der Waals surface area (Å²) in [6.45, 7) is 6.58. The predicted molar refractivity (Wildman–Crippen MR) is 92.4 cm³/mol. The van der Waals surface area contributed by atoms with E-state index in [0.29, 0.717) is 17.9 Å². The highest BCUT2D eigenvalue weighted by Crippen LogP contribution is 2.49. The highest BCUT2D eigenvalue weighted by molar-refractivity contribution is 5.83. The molecule has 0 N–H and O–H groups in total. The molecule has 0 spiro atoms. The molecule has 0 bridgehead atoms. The quantitative estimate of drug-likeness (QED) is 0.856. The van der Waals surface area contributed by atoms with Gasteiger partial charge in [-0.1, -0.05) is 30.7 Å². The highest BCUT2D eigenvalue weighted by atomic mass is 16.2. The number of amides is 1. The van der Waals surface area contributed by atoms with Gasteiger partial charge >= 0.3 is 0 Å². The minimum absolute atomic E-state index is 0.246. The number of piperidine rings is 1. The lowest BCUT2D eigenvalue weighted by atomic mass is 10.0. The first-order chi connectivity index (χ1) is 11.2. The van der Waals surface area contributed by atoms with Crippen molar-refractivity contribution in [2.24, 2.45) is 5.92 Å². The molecule has 1 aromatic carbocycles. The summed E-state index contributed by atoms with van der Waals surface area (Å²) in [6, 6.07) is 9.17. The van der Waals surface area contributed by atoms with Crippen molar-refractivity contribution in [2.75, 3.05) is 26.2 Å². The molecule has 2 heterocycles. The smallest absolute Gasteiger partial charge is 0.226 e. The molecule has 23 heavy (non-hydrogen) atoms. The van der Waals surface area contributed by atoms with Crippen molar-refractivity contribution in [3.05, 3.63) is 35.4 Å². The second-order valence-electron chi connectivity index (χ2n) is 7.63. The van der Waals surface area contributed by atoms with E-state index in [9.17, 15) is 4.79 Å². The standard InChI is InChI=1S/C20H28N2O/c1-15-7-3-4-8-17(15)18-13-19(18)20(23)22-12-9-16(14-22)21-10-5-2-6-11-21/h3-4,7-8,16,18-19H,2,5-6,9-14H2,1H3/t16-,18+,19-/m1/s1. The molecule has 124 valence electrons. The van der Waals surface area contributed by atoms with Gasteiger partial charge in [0.15, 0.2) is 0 Å². The van der Waals surface area contributed by atoms with Crippen LogP contribution in [0, 0.1) is 12.8 Å². The zero-order chi connectivity index (χ0) is 15.8. The van der Waals surface area contributed by atoms with Gasteiger partial charge in [0.05, 0.1) is 0 Å².